The molecule has 0 saturated carbocycles. The quantitative estimate of drug-likeness (QED) is 0.311. The average Bonchev–Trinajstić information content (AvgIpc) is 2.47. The lowest BCUT2D eigenvalue weighted by atomic mass is 10.1. The molecule has 1 aromatic carbocycles. The van der Waals surface area contributed by atoms with Crippen molar-refractivity contribution in [3.8, 4) is 11.5 Å². The minimum absolute atomic E-state index is 0.0572. The molecule has 116 valence electrons. The highest BCUT2D eigenvalue weighted by Crippen LogP contribution is 2.37. The zero-order valence-electron chi connectivity index (χ0n) is 12.8. The topological polar surface area (TPSA) is 61.6 Å². The van der Waals surface area contributed by atoms with Gasteiger partial charge in [0, 0.05) is 18.6 Å². The summed E-state index contributed by atoms with van der Waals surface area (Å²) in [5, 5.41) is 10.8. The molecule has 0 aliphatic carbocycles. The summed E-state index contributed by atoms with van der Waals surface area (Å²) in [4.78, 5) is 11.3. The van der Waals surface area contributed by atoms with Gasteiger partial charge < -0.3 is 9.47 Å². The monoisotopic (exact) mass is 311 g/mol. The number of allylic oxidation sites excluding steroid dienone is 1. The van der Waals surface area contributed by atoms with Gasteiger partial charge >= 0.3 is 0 Å². The van der Waals surface area contributed by atoms with Gasteiger partial charge in [-0.1, -0.05) is 13.3 Å². The van der Waals surface area contributed by atoms with E-state index in [4.69, 9.17) is 9.47 Å². The molecule has 21 heavy (non-hydrogen) atoms. The maximum absolute atomic E-state index is 10.8. The van der Waals surface area contributed by atoms with E-state index in [-0.39, 0.29) is 5.70 Å². The molecule has 0 fully saturated rings. The van der Waals surface area contributed by atoms with Crippen LogP contribution in [-0.2, 0) is 0 Å². The number of methoxy groups -OCH3 is 2. The molecule has 0 spiro atoms. The molecular formula is C15H21NO4S. The molecule has 0 unspecified atom stereocenters. The van der Waals surface area contributed by atoms with Gasteiger partial charge in [-0.15, -0.1) is 11.8 Å². The molecule has 6 heteroatoms. The number of benzene rings is 1. The molecule has 5 nitrogen and oxygen atoms in total. The number of nitro groups is 1. The van der Waals surface area contributed by atoms with Crippen LogP contribution in [0.4, 0.5) is 0 Å². The molecule has 0 saturated heterocycles. The van der Waals surface area contributed by atoms with Crippen LogP contribution in [0.3, 0.4) is 0 Å². The van der Waals surface area contributed by atoms with E-state index >= 15 is 0 Å². The third-order valence-electron chi connectivity index (χ3n) is 2.92. The maximum Gasteiger partial charge on any atom is 0.243 e. The Bertz CT molecular complexity index is 529. The number of hydrogen-bond acceptors (Lipinski definition) is 5. The van der Waals surface area contributed by atoms with Crippen molar-refractivity contribution in [1.29, 1.82) is 0 Å². The second kappa shape index (κ2) is 8.56. The predicted molar refractivity (Wildman–Crippen MR) is 85.8 cm³/mol. The second-order valence-electron chi connectivity index (χ2n) is 4.49. The third kappa shape index (κ3) is 4.97. The van der Waals surface area contributed by atoms with Gasteiger partial charge in [-0.05, 0) is 24.3 Å². The van der Waals surface area contributed by atoms with Crippen LogP contribution < -0.4 is 9.47 Å². The second-order valence-corrected chi connectivity index (χ2v) is 5.63. The molecule has 0 radical (unpaired) electrons. The maximum atomic E-state index is 10.8. The van der Waals surface area contributed by atoms with E-state index in [1.54, 1.807) is 32.0 Å². The van der Waals surface area contributed by atoms with Gasteiger partial charge in [0.25, 0.3) is 0 Å². The lowest BCUT2D eigenvalue weighted by molar-refractivity contribution is -0.422. The van der Waals surface area contributed by atoms with E-state index in [1.807, 2.05) is 6.07 Å². The molecule has 0 bridgehead atoms. The Labute approximate surface area is 129 Å². The number of rotatable bonds is 8. The fourth-order valence-electron chi connectivity index (χ4n) is 1.72. The van der Waals surface area contributed by atoms with Gasteiger partial charge in [0.15, 0.2) is 0 Å². The van der Waals surface area contributed by atoms with Gasteiger partial charge in [0.1, 0.15) is 11.5 Å². The smallest absolute Gasteiger partial charge is 0.243 e. The van der Waals surface area contributed by atoms with Crippen LogP contribution in [0.2, 0.25) is 0 Å². The Morgan fingerprint density at radius 1 is 1.33 bits per heavy atom. The Balaban J connectivity index is 3.16. The SMILES string of the molecule is CCCCSc1cc(OC)c(C=C(C)[N+](=O)[O-])cc1OC. The minimum atomic E-state index is -0.421. The standard InChI is InChI=1S/C15H21NO4S/c1-5-6-7-21-15-10-13(19-3)12(9-14(15)20-4)8-11(2)16(17)18/h8-10H,5-7H2,1-4H3. The van der Waals surface area contributed by atoms with E-state index in [1.165, 1.54) is 13.0 Å². The van der Waals surface area contributed by atoms with Crippen LogP contribution in [0.5, 0.6) is 11.5 Å². The number of thioether (sulfide) groups is 1. The van der Waals surface area contributed by atoms with Crippen LogP contribution in [0.25, 0.3) is 6.08 Å². The largest absolute Gasteiger partial charge is 0.496 e. The van der Waals surface area contributed by atoms with Crippen LogP contribution in [0.15, 0.2) is 22.7 Å². The Morgan fingerprint density at radius 3 is 2.52 bits per heavy atom. The zero-order chi connectivity index (χ0) is 15.8. The van der Waals surface area contributed by atoms with Crippen molar-refractivity contribution in [2.45, 2.75) is 31.6 Å². The Morgan fingerprint density at radius 2 is 2.00 bits per heavy atom. The van der Waals surface area contributed by atoms with E-state index in [9.17, 15) is 10.1 Å². The summed E-state index contributed by atoms with van der Waals surface area (Å²) in [6, 6.07) is 3.65. The van der Waals surface area contributed by atoms with Crippen molar-refractivity contribution >= 4 is 17.8 Å². The number of ether oxygens (including phenoxy) is 2. The Kier molecular flexibility index (Phi) is 7.08. The summed E-state index contributed by atoms with van der Waals surface area (Å²) in [5.74, 6) is 2.31. The van der Waals surface area contributed by atoms with E-state index in [0.717, 1.165) is 23.5 Å². The van der Waals surface area contributed by atoms with Crippen LogP contribution in [0.1, 0.15) is 32.3 Å². The molecule has 0 aromatic heterocycles. The van der Waals surface area contributed by atoms with E-state index < -0.39 is 4.92 Å². The fourth-order valence-corrected chi connectivity index (χ4v) is 2.85. The van der Waals surface area contributed by atoms with Crippen molar-refractivity contribution in [3.05, 3.63) is 33.5 Å². The lowest BCUT2D eigenvalue weighted by Crippen LogP contribution is -1.96. The highest BCUT2D eigenvalue weighted by Gasteiger charge is 2.13. The predicted octanol–water partition coefficient (Wildman–Crippen LogP) is 4.23. The molecule has 0 aliphatic heterocycles. The average molecular weight is 311 g/mol. The number of unbranched alkanes of at least 4 members (excludes halogenated alkanes) is 1. The zero-order valence-corrected chi connectivity index (χ0v) is 13.7. The normalized spacial score (nSPS) is 11.3. The summed E-state index contributed by atoms with van der Waals surface area (Å²) in [7, 11) is 3.15. The summed E-state index contributed by atoms with van der Waals surface area (Å²) in [6.07, 6.45) is 3.75. The molecule has 0 atom stereocenters. The van der Waals surface area contributed by atoms with Gasteiger partial charge in [-0.2, -0.15) is 0 Å². The molecule has 1 rings (SSSR count). The van der Waals surface area contributed by atoms with Gasteiger partial charge in [0.2, 0.25) is 5.70 Å². The number of hydrogen-bond donors (Lipinski definition) is 0. The van der Waals surface area contributed by atoms with Crippen LogP contribution in [0, 0.1) is 10.1 Å². The first-order chi connectivity index (χ1) is 10.0. The highest BCUT2D eigenvalue weighted by atomic mass is 32.2. The summed E-state index contributed by atoms with van der Waals surface area (Å²) >= 11 is 1.70. The third-order valence-corrected chi connectivity index (χ3v) is 4.05. The fraction of sp³-hybridized carbons (Fsp3) is 0.467. The summed E-state index contributed by atoms with van der Waals surface area (Å²) < 4.78 is 10.7. The first-order valence-electron chi connectivity index (χ1n) is 6.75. The van der Waals surface area contributed by atoms with E-state index in [0.29, 0.717) is 17.1 Å². The van der Waals surface area contributed by atoms with Crippen LogP contribution >= 0.6 is 11.8 Å². The first-order valence-corrected chi connectivity index (χ1v) is 7.73. The molecular weight excluding hydrogens is 290 g/mol. The molecule has 0 aliphatic rings. The van der Waals surface area contributed by atoms with E-state index in [2.05, 4.69) is 6.92 Å². The summed E-state index contributed by atoms with van der Waals surface area (Å²) in [6.45, 7) is 3.60. The van der Waals surface area contributed by atoms with Crippen molar-refractivity contribution in [3.63, 3.8) is 0 Å². The van der Waals surface area contributed by atoms with Gasteiger partial charge in [-0.3, -0.25) is 10.1 Å². The van der Waals surface area contributed by atoms with Crippen molar-refractivity contribution in [1.82, 2.24) is 0 Å². The number of nitrogens with zero attached hydrogens (tertiary/aromatic N) is 1. The van der Waals surface area contributed by atoms with Crippen molar-refractivity contribution in [2.75, 3.05) is 20.0 Å². The van der Waals surface area contributed by atoms with Gasteiger partial charge in [-0.25, -0.2) is 0 Å². The van der Waals surface area contributed by atoms with Crippen molar-refractivity contribution in [2.24, 2.45) is 0 Å². The first kappa shape index (κ1) is 17.4. The molecule has 1 aromatic rings. The molecule has 0 amide bonds. The summed E-state index contributed by atoms with van der Waals surface area (Å²) in [5.41, 5.74) is 0.699. The Hall–Kier alpha value is -1.69. The van der Waals surface area contributed by atoms with Gasteiger partial charge in [0.05, 0.1) is 24.0 Å². The van der Waals surface area contributed by atoms with Crippen molar-refractivity contribution < 1.29 is 14.4 Å². The minimum Gasteiger partial charge on any atom is -0.496 e. The molecule has 0 heterocycles. The lowest BCUT2D eigenvalue weighted by Gasteiger charge is -2.12. The molecule has 0 N–H and O–H groups in total. The van der Waals surface area contributed by atoms with Crippen LogP contribution in [-0.4, -0.2) is 24.9 Å². The highest BCUT2D eigenvalue weighted by molar-refractivity contribution is 7.99.